The Hall–Kier alpha value is -2.43. The van der Waals surface area contributed by atoms with Gasteiger partial charge in [-0.1, -0.05) is 26.8 Å². The van der Waals surface area contributed by atoms with Gasteiger partial charge in [0.05, 0.1) is 11.1 Å². The number of rotatable bonds is 2. The fraction of sp³-hybridized carbons (Fsp3) is 0.267. The molecule has 0 spiro atoms. The average Bonchev–Trinajstić information content (AvgIpc) is 2.35. The first-order chi connectivity index (χ1) is 9.20. The van der Waals surface area contributed by atoms with Gasteiger partial charge in [-0.25, -0.2) is 14.6 Å². The molecule has 0 saturated carbocycles. The van der Waals surface area contributed by atoms with Crippen molar-refractivity contribution in [2.24, 2.45) is 0 Å². The number of pyridine rings is 1. The molecule has 0 radical (unpaired) electrons. The van der Waals surface area contributed by atoms with Gasteiger partial charge in [-0.2, -0.15) is 0 Å². The van der Waals surface area contributed by atoms with Gasteiger partial charge < -0.3 is 10.2 Å². The van der Waals surface area contributed by atoms with Crippen LogP contribution in [0.1, 0.15) is 47.2 Å². The first kappa shape index (κ1) is 14.0. The van der Waals surface area contributed by atoms with Crippen LogP contribution < -0.4 is 0 Å². The van der Waals surface area contributed by atoms with E-state index >= 15 is 0 Å². The van der Waals surface area contributed by atoms with Crippen molar-refractivity contribution in [2.75, 3.05) is 0 Å². The van der Waals surface area contributed by atoms with Gasteiger partial charge in [0.1, 0.15) is 0 Å². The van der Waals surface area contributed by atoms with Crippen molar-refractivity contribution in [1.82, 2.24) is 4.98 Å². The third kappa shape index (κ3) is 2.47. The zero-order valence-corrected chi connectivity index (χ0v) is 11.5. The Labute approximate surface area is 115 Å². The molecule has 1 aromatic carbocycles. The van der Waals surface area contributed by atoms with Crippen LogP contribution in [0.3, 0.4) is 0 Å². The van der Waals surface area contributed by atoms with Gasteiger partial charge in [-0.15, -0.1) is 0 Å². The highest BCUT2D eigenvalue weighted by atomic mass is 16.4. The Morgan fingerprint density at radius 1 is 1.05 bits per heavy atom. The first-order valence-electron chi connectivity index (χ1n) is 6.12. The number of aromatic carboxylic acids is 2. The van der Waals surface area contributed by atoms with Crippen molar-refractivity contribution in [3.8, 4) is 0 Å². The molecule has 0 unspecified atom stereocenters. The molecule has 2 N–H and O–H groups in total. The van der Waals surface area contributed by atoms with Crippen LogP contribution in [0, 0.1) is 0 Å². The smallest absolute Gasteiger partial charge is 0.355 e. The van der Waals surface area contributed by atoms with E-state index in [-0.39, 0.29) is 11.0 Å². The molecule has 5 nitrogen and oxygen atoms in total. The van der Waals surface area contributed by atoms with Crippen LogP contribution in [0.2, 0.25) is 0 Å². The van der Waals surface area contributed by atoms with Crippen molar-refractivity contribution in [3.63, 3.8) is 0 Å². The Bertz CT molecular complexity index is 714. The summed E-state index contributed by atoms with van der Waals surface area (Å²) in [5.41, 5.74) is 0.694. The Balaban J connectivity index is 2.75. The molecule has 0 aliphatic carbocycles. The fourth-order valence-corrected chi connectivity index (χ4v) is 1.97. The SMILES string of the molecule is CC(C)(C)c1ccc2nc(C(=O)O)c(C(=O)O)cc2c1. The van der Waals surface area contributed by atoms with Crippen LogP contribution in [-0.4, -0.2) is 27.1 Å². The highest BCUT2D eigenvalue weighted by Crippen LogP contribution is 2.26. The zero-order valence-electron chi connectivity index (χ0n) is 11.5. The summed E-state index contributed by atoms with van der Waals surface area (Å²) in [6.07, 6.45) is 0. The zero-order chi connectivity index (χ0) is 15.1. The predicted octanol–water partition coefficient (Wildman–Crippen LogP) is 2.93. The first-order valence-corrected chi connectivity index (χ1v) is 6.12. The maximum absolute atomic E-state index is 11.1. The standard InChI is InChI=1S/C15H15NO4/c1-15(2,3)9-4-5-11-8(6-9)7-10(13(17)18)12(16-11)14(19)20/h4-7H,1-3H3,(H,17,18)(H,19,20). The third-order valence-corrected chi connectivity index (χ3v) is 3.11. The molecular weight excluding hydrogens is 258 g/mol. The molecule has 0 atom stereocenters. The summed E-state index contributed by atoms with van der Waals surface area (Å²) in [5.74, 6) is -2.64. The second-order valence-corrected chi connectivity index (χ2v) is 5.65. The van der Waals surface area contributed by atoms with Gasteiger partial charge in [0, 0.05) is 5.39 Å². The second kappa shape index (κ2) is 4.59. The highest BCUT2D eigenvalue weighted by Gasteiger charge is 2.20. The Morgan fingerprint density at radius 2 is 1.70 bits per heavy atom. The molecule has 0 bridgehead atoms. The molecule has 1 aromatic heterocycles. The van der Waals surface area contributed by atoms with Gasteiger partial charge >= 0.3 is 11.9 Å². The average molecular weight is 273 g/mol. The maximum atomic E-state index is 11.1. The lowest BCUT2D eigenvalue weighted by Crippen LogP contribution is -2.12. The van der Waals surface area contributed by atoms with E-state index < -0.39 is 17.6 Å². The highest BCUT2D eigenvalue weighted by molar-refractivity contribution is 6.03. The quantitative estimate of drug-likeness (QED) is 0.878. The van der Waals surface area contributed by atoms with Crippen molar-refractivity contribution in [2.45, 2.75) is 26.2 Å². The van der Waals surface area contributed by atoms with Crippen LogP contribution >= 0.6 is 0 Å². The lowest BCUT2D eigenvalue weighted by molar-refractivity contribution is 0.0647. The normalized spacial score (nSPS) is 11.6. The van der Waals surface area contributed by atoms with Crippen molar-refractivity contribution in [3.05, 3.63) is 41.1 Å². The minimum atomic E-state index is -1.34. The summed E-state index contributed by atoms with van der Waals surface area (Å²) in [6, 6.07) is 6.80. The molecule has 0 aliphatic heterocycles. The molecular formula is C15H15NO4. The minimum absolute atomic E-state index is 0.0803. The largest absolute Gasteiger partial charge is 0.478 e. The van der Waals surface area contributed by atoms with Gasteiger partial charge in [-0.05, 0) is 29.2 Å². The summed E-state index contributed by atoms with van der Waals surface area (Å²) >= 11 is 0. The number of fused-ring (bicyclic) bond motifs is 1. The number of hydrogen-bond acceptors (Lipinski definition) is 3. The molecule has 5 heteroatoms. The van der Waals surface area contributed by atoms with Crippen molar-refractivity contribution >= 4 is 22.8 Å². The van der Waals surface area contributed by atoms with Crippen molar-refractivity contribution in [1.29, 1.82) is 0 Å². The molecule has 0 amide bonds. The summed E-state index contributed by atoms with van der Waals surface area (Å²) in [7, 11) is 0. The number of aromatic nitrogens is 1. The molecule has 2 aromatic rings. The Morgan fingerprint density at radius 3 is 2.20 bits per heavy atom. The van der Waals surface area contributed by atoms with Crippen LogP contribution in [-0.2, 0) is 5.41 Å². The number of carbonyl (C=O) groups is 2. The van der Waals surface area contributed by atoms with Crippen LogP contribution in [0.15, 0.2) is 24.3 Å². The van der Waals surface area contributed by atoms with Crippen LogP contribution in [0.4, 0.5) is 0 Å². The van der Waals surface area contributed by atoms with E-state index in [1.54, 1.807) is 6.07 Å². The minimum Gasteiger partial charge on any atom is -0.478 e. The van der Waals surface area contributed by atoms with E-state index in [1.165, 1.54) is 6.07 Å². The van der Waals surface area contributed by atoms with Gasteiger partial charge in [0.25, 0.3) is 0 Å². The van der Waals surface area contributed by atoms with E-state index in [4.69, 9.17) is 10.2 Å². The fourth-order valence-electron chi connectivity index (χ4n) is 1.97. The van der Waals surface area contributed by atoms with Crippen molar-refractivity contribution < 1.29 is 19.8 Å². The van der Waals surface area contributed by atoms with E-state index in [1.807, 2.05) is 32.9 Å². The Kier molecular flexibility index (Phi) is 3.21. The van der Waals surface area contributed by atoms with Crippen LogP contribution in [0.5, 0.6) is 0 Å². The lowest BCUT2D eigenvalue weighted by atomic mass is 9.86. The van der Waals surface area contributed by atoms with E-state index in [2.05, 4.69) is 4.98 Å². The van der Waals surface area contributed by atoms with Gasteiger partial charge in [0.2, 0.25) is 0 Å². The molecule has 2 rings (SSSR count). The van der Waals surface area contributed by atoms with E-state index in [0.717, 1.165) is 5.56 Å². The number of carboxylic acid groups (broad SMARTS) is 2. The topological polar surface area (TPSA) is 87.5 Å². The van der Waals surface area contributed by atoms with E-state index in [9.17, 15) is 9.59 Å². The third-order valence-electron chi connectivity index (χ3n) is 3.11. The summed E-state index contributed by atoms with van der Waals surface area (Å²) in [4.78, 5) is 26.2. The lowest BCUT2D eigenvalue weighted by Gasteiger charge is -2.19. The van der Waals surface area contributed by atoms with Crippen LogP contribution in [0.25, 0.3) is 10.9 Å². The summed E-state index contributed by atoms with van der Waals surface area (Å²) < 4.78 is 0. The van der Waals surface area contributed by atoms with Gasteiger partial charge in [0.15, 0.2) is 5.69 Å². The molecule has 0 aliphatic rings. The molecule has 1 heterocycles. The number of carboxylic acids is 2. The van der Waals surface area contributed by atoms with Gasteiger partial charge in [-0.3, -0.25) is 0 Å². The summed E-state index contributed by atoms with van der Waals surface area (Å²) in [6.45, 7) is 6.14. The number of benzene rings is 1. The monoisotopic (exact) mass is 273 g/mol. The van der Waals surface area contributed by atoms with E-state index in [0.29, 0.717) is 10.9 Å². The second-order valence-electron chi connectivity index (χ2n) is 5.65. The molecule has 20 heavy (non-hydrogen) atoms. The predicted molar refractivity (Wildman–Crippen MR) is 74.4 cm³/mol. The number of hydrogen-bond donors (Lipinski definition) is 2. The molecule has 0 saturated heterocycles. The molecule has 104 valence electrons. The number of nitrogens with zero attached hydrogens (tertiary/aromatic N) is 1. The molecule has 0 fully saturated rings. The maximum Gasteiger partial charge on any atom is 0.355 e. The summed E-state index contributed by atoms with van der Waals surface area (Å²) in [5, 5.41) is 18.8.